The zero-order valence-electron chi connectivity index (χ0n) is 26.4. The van der Waals surface area contributed by atoms with Crippen LogP contribution in [0.3, 0.4) is 0 Å². The fraction of sp³-hybridized carbons (Fsp3) is 0.361. The summed E-state index contributed by atoms with van der Waals surface area (Å²) < 4.78 is 13.1. The van der Waals surface area contributed by atoms with Gasteiger partial charge in [-0.1, -0.05) is 24.3 Å². The molecule has 3 aromatic rings. The van der Waals surface area contributed by atoms with E-state index in [1.165, 1.54) is 13.8 Å². The van der Waals surface area contributed by atoms with Crippen LogP contribution in [0.2, 0.25) is 0 Å². The van der Waals surface area contributed by atoms with E-state index in [2.05, 4.69) is 17.5 Å². The third-order valence-electron chi connectivity index (χ3n) is 7.48. The minimum atomic E-state index is -0.747. The van der Waals surface area contributed by atoms with Crippen molar-refractivity contribution in [2.75, 3.05) is 6.61 Å². The summed E-state index contributed by atoms with van der Waals surface area (Å²) in [6.07, 6.45) is 5.85. The third-order valence-corrected chi connectivity index (χ3v) is 7.48. The molecule has 45 heavy (non-hydrogen) atoms. The Morgan fingerprint density at radius 1 is 0.889 bits per heavy atom. The van der Waals surface area contributed by atoms with Crippen molar-refractivity contribution in [3.05, 3.63) is 100 Å². The molecule has 0 unspecified atom stereocenters. The van der Waals surface area contributed by atoms with Gasteiger partial charge in [0.25, 0.3) is 0 Å². The number of nitrogens with one attached hydrogen (secondary N) is 1. The van der Waals surface area contributed by atoms with Crippen LogP contribution in [-0.4, -0.2) is 34.6 Å². The second-order valence-electron chi connectivity index (χ2n) is 11.3. The number of benzene rings is 2. The lowest BCUT2D eigenvalue weighted by molar-refractivity contribution is -0.144. The average molecular weight is 609 g/mol. The Hall–Kier alpha value is -5.15. The molecule has 234 valence electrons. The molecule has 0 saturated heterocycles. The van der Waals surface area contributed by atoms with Gasteiger partial charge >= 0.3 is 11.9 Å². The van der Waals surface area contributed by atoms with Gasteiger partial charge in [0, 0.05) is 33.0 Å². The van der Waals surface area contributed by atoms with E-state index < -0.39 is 11.5 Å². The maximum absolute atomic E-state index is 13.0. The zero-order chi connectivity index (χ0) is 32.8. The molecule has 0 aliphatic heterocycles. The van der Waals surface area contributed by atoms with Gasteiger partial charge < -0.3 is 19.4 Å². The fourth-order valence-electron chi connectivity index (χ4n) is 4.98. The second kappa shape index (κ2) is 16.6. The summed E-state index contributed by atoms with van der Waals surface area (Å²) >= 11 is 0. The van der Waals surface area contributed by atoms with Gasteiger partial charge in [-0.15, -0.1) is 0 Å². The molecule has 1 N–H and O–H groups in total. The standard InChI is InChI=1S/C36H40N4O5/c1-26(41)39-36(3,25-44-27(2)42)22-21-32-19-20-33(40(32)4)34(9-5-7-28-11-15-30(23-37)16-12-28)45-35(43)10-6-8-29-13-17-31(24-38)18-14-29/h9,11-20H,5-8,10,21-22,25H2,1-4H3,(H,39,41)/t36-/m1/s1. The summed E-state index contributed by atoms with van der Waals surface area (Å²) in [7, 11) is 1.90. The van der Waals surface area contributed by atoms with E-state index in [9.17, 15) is 14.4 Å². The summed E-state index contributed by atoms with van der Waals surface area (Å²) in [5.41, 5.74) is 4.26. The number of esters is 2. The monoisotopic (exact) mass is 608 g/mol. The summed E-state index contributed by atoms with van der Waals surface area (Å²) in [6.45, 7) is 4.66. The van der Waals surface area contributed by atoms with Gasteiger partial charge in [-0.25, -0.2) is 0 Å². The second-order valence-corrected chi connectivity index (χ2v) is 11.3. The topological polar surface area (TPSA) is 134 Å². The van der Waals surface area contributed by atoms with Gasteiger partial charge in [-0.2, -0.15) is 10.5 Å². The van der Waals surface area contributed by atoms with E-state index in [1.807, 2.05) is 61.0 Å². The van der Waals surface area contributed by atoms with Crippen molar-refractivity contribution in [3.63, 3.8) is 0 Å². The molecule has 0 aliphatic rings. The maximum Gasteiger partial charge on any atom is 0.311 e. The van der Waals surface area contributed by atoms with Crippen LogP contribution >= 0.6 is 0 Å². The highest BCUT2D eigenvalue weighted by Gasteiger charge is 2.27. The van der Waals surface area contributed by atoms with Crippen molar-refractivity contribution in [2.24, 2.45) is 7.05 Å². The van der Waals surface area contributed by atoms with E-state index in [-0.39, 0.29) is 24.9 Å². The number of amides is 1. The summed E-state index contributed by atoms with van der Waals surface area (Å²) in [4.78, 5) is 36.3. The molecule has 0 aliphatic carbocycles. The van der Waals surface area contributed by atoms with E-state index in [4.69, 9.17) is 20.0 Å². The van der Waals surface area contributed by atoms with E-state index in [1.54, 1.807) is 24.3 Å². The van der Waals surface area contributed by atoms with E-state index >= 15 is 0 Å². The first-order valence-corrected chi connectivity index (χ1v) is 15.0. The van der Waals surface area contributed by atoms with Crippen molar-refractivity contribution < 1.29 is 23.9 Å². The number of carbonyl (C=O) groups is 3. The highest BCUT2D eigenvalue weighted by atomic mass is 16.5. The Bertz CT molecular complexity index is 1590. The van der Waals surface area contributed by atoms with Crippen molar-refractivity contribution in [3.8, 4) is 12.1 Å². The third kappa shape index (κ3) is 11.1. The molecular weight excluding hydrogens is 568 g/mol. The van der Waals surface area contributed by atoms with Crippen LogP contribution in [-0.2, 0) is 50.2 Å². The lowest BCUT2D eigenvalue weighted by atomic mass is 9.95. The largest absolute Gasteiger partial charge is 0.463 e. The number of nitrogens with zero attached hydrogens (tertiary/aromatic N) is 3. The van der Waals surface area contributed by atoms with Crippen LogP contribution in [0, 0.1) is 22.7 Å². The van der Waals surface area contributed by atoms with E-state index in [0.717, 1.165) is 22.5 Å². The van der Waals surface area contributed by atoms with Gasteiger partial charge in [-0.05, 0) is 99.0 Å². The molecule has 9 heteroatoms. The smallest absolute Gasteiger partial charge is 0.311 e. The molecule has 9 nitrogen and oxygen atoms in total. The van der Waals surface area contributed by atoms with Crippen molar-refractivity contribution in [1.29, 1.82) is 10.5 Å². The highest BCUT2D eigenvalue weighted by molar-refractivity contribution is 5.77. The molecule has 0 bridgehead atoms. The van der Waals surface area contributed by atoms with Gasteiger partial charge in [-0.3, -0.25) is 14.4 Å². The first kappa shape index (κ1) is 34.3. The van der Waals surface area contributed by atoms with Crippen LogP contribution in [0.1, 0.15) is 80.1 Å². The number of nitriles is 2. The van der Waals surface area contributed by atoms with Crippen LogP contribution in [0.25, 0.3) is 5.76 Å². The Labute approximate surface area is 265 Å². The number of allylic oxidation sites excluding steroid dienone is 1. The van der Waals surface area contributed by atoms with Gasteiger partial charge in [0.2, 0.25) is 5.91 Å². The summed E-state index contributed by atoms with van der Waals surface area (Å²) in [5.74, 6) is -0.501. The molecule has 1 atom stereocenters. The molecule has 1 aromatic heterocycles. The number of aryl methyl sites for hydroxylation is 3. The first-order chi connectivity index (χ1) is 21.5. The molecule has 1 heterocycles. The molecular formula is C36H40N4O5. The molecule has 0 spiro atoms. The lowest BCUT2D eigenvalue weighted by Crippen LogP contribution is -2.49. The number of carbonyl (C=O) groups excluding carboxylic acids is 3. The van der Waals surface area contributed by atoms with Gasteiger partial charge in [0.1, 0.15) is 6.61 Å². The predicted molar refractivity (Wildman–Crippen MR) is 170 cm³/mol. The minimum absolute atomic E-state index is 0.0553. The van der Waals surface area contributed by atoms with Gasteiger partial charge in [0.15, 0.2) is 5.76 Å². The maximum atomic E-state index is 13.0. The lowest BCUT2D eigenvalue weighted by Gasteiger charge is -2.30. The normalized spacial score (nSPS) is 12.4. The van der Waals surface area contributed by atoms with Crippen LogP contribution in [0.4, 0.5) is 0 Å². The quantitative estimate of drug-likeness (QED) is 0.173. The molecule has 0 fully saturated rings. The molecule has 1 amide bonds. The average Bonchev–Trinajstić information content (AvgIpc) is 3.38. The number of aromatic nitrogens is 1. The van der Waals surface area contributed by atoms with Crippen LogP contribution < -0.4 is 5.32 Å². The summed E-state index contributed by atoms with van der Waals surface area (Å²) in [6, 6.07) is 22.8. The highest BCUT2D eigenvalue weighted by Crippen LogP contribution is 2.24. The van der Waals surface area contributed by atoms with Crippen molar-refractivity contribution in [1.82, 2.24) is 9.88 Å². The fourth-order valence-corrected chi connectivity index (χ4v) is 4.98. The summed E-state index contributed by atoms with van der Waals surface area (Å²) in [5, 5.41) is 21.0. The van der Waals surface area contributed by atoms with Crippen molar-refractivity contribution in [2.45, 2.75) is 71.3 Å². The number of hydrogen-bond acceptors (Lipinski definition) is 7. The molecule has 0 saturated carbocycles. The predicted octanol–water partition coefficient (Wildman–Crippen LogP) is 5.70. The number of rotatable bonds is 15. The Morgan fingerprint density at radius 2 is 1.49 bits per heavy atom. The van der Waals surface area contributed by atoms with Crippen LogP contribution in [0.15, 0.2) is 66.7 Å². The Balaban J connectivity index is 1.74. The number of ether oxygens (including phenoxy) is 2. The van der Waals surface area contributed by atoms with Gasteiger partial charge in [0.05, 0.1) is 34.5 Å². The van der Waals surface area contributed by atoms with Crippen LogP contribution in [0.5, 0.6) is 0 Å². The molecule has 2 aromatic carbocycles. The van der Waals surface area contributed by atoms with Crippen molar-refractivity contribution >= 4 is 23.6 Å². The first-order valence-electron chi connectivity index (χ1n) is 15.0. The minimum Gasteiger partial charge on any atom is -0.463 e. The zero-order valence-corrected chi connectivity index (χ0v) is 26.4. The Kier molecular flexibility index (Phi) is 12.7. The number of hydrogen-bond donors (Lipinski definition) is 1. The molecule has 3 rings (SSSR count). The SMILES string of the molecule is CC(=O)N[C@](C)(CCc1ccc(C(=CCCc2ccc(C#N)cc2)OC(=O)CCCc2ccc(C#N)cc2)n1C)COC(C)=O. The van der Waals surface area contributed by atoms with E-state index in [0.29, 0.717) is 55.4 Å². The molecule has 0 radical (unpaired) electrons. The Morgan fingerprint density at radius 3 is 2.04 bits per heavy atom.